The van der Waals surface area contributed by atoms with Gasteiger partial charge >= 0.3 is 0 Å². The average Bonchev–Trinajstić information content (AvgIpc) is 3.46. The molecule has 0 bridgehead atoms. The van der Waals surface area contributed by atoms with Crippen molar-refractivity contribution < 1.29 is 31.1 Å². The molecular weight excluding hydrogens is 534 g/mol. The summed E-state index contributed by atoms with van der Waals surface area (Å²) in [6, 6.07) is 6.18. The van der Waals surface area contributed by atoms with Crippen LogP contribution < -0.4 is 0 Å². The van der Waals surface area contributed by atoms with Crippen LogP contribution in [-0.4, -0.2) is 65.2 Å². The molecule has 4 rings (SSSR count). The zero-order chi connectivity index (χ0) is 28.4. The van der Waals surface area contributed by atoms with Gasteiger partial charge in [0, 0.05) is 19.5 Å². The van der Waals surface area contributed by atoms with Gasteiger partial charge in [0.2, 0.25) is 10.0 Å². The molecule has 1 fully saturated rings. The highest BCUT2D eigenvalue weighted by atomic mass is 32.2. The molecule has 1 aromatic carbocycles. The smallest absolute Gasteiger partial charge is 0.269 e. The Morgan fingerprint density at radius 1 is 1.21 bits per heavy atom. The molecule has 11 heteroatoms. The Kier molecular flexibility index (Phi) is 9.22. The van der Waals surface area contributed by atoms with E-state index in [-0.39, 0.29) is 29.4 Å². The fraction of sp³-hybridized carbons (Fsp3) is 0.607. The third-order valence-electron chi connectivity index (χ3n) is 8.36. The van der Waals surface area contributed by atoms with Gasteiger partial charge in [-0.2, -0.15) is 9.40 Å². The molecule has 0 saturated heterocycles. The van der Waals surface area contributed by atoms with Crippen molar-refractivity contribution in [2.45, 2.75) is 77.5 Å². The minimum Gasteiger partial charge on any atom is -0.392 e. The van der Waals surface area contributed by atoms with E-state index in [1.54, 1.807) is 19.1 Å². The Labute approximate surface area is 227 Å². The Balaban J connectivity index is 1.52. The van der Waals surface area contributed by atoms with E-state index in [9.17, 15) is 31.1 Å². The van der Waals surface area contributed by atoms with Crippen LogP contribution in [0.4, 0.5) is 17.6 Å². The second-order valence-electron chi connectivity index (χ2n) is 10.7. The van der Waals surface area contributed by atoms with Crippen LogP contribution in [-0.2, 0) is 16.4 Å². The third kappa shape index (κ3) is 6.25. The Morgan fingerprint density at radius 3 is 2.56 bits per heavy atom. The second kappa shape index (κ2) is 12.1. The maximum absolute atomic E-state index is 13.5. The summed E-state index contributed by atoms with van der Waals surface area (Å²) in [5.41, 5.74) is 3.93. The highest BCUT2D eigenvalue weighted by molar-refractivity contribution is 7.89. The third-order valence-corrected chi connectivity index (χ3v) is 10.4. The van der Waals surface area contributed by atoms with E-state index in [1.165, 1.54) is 17.7 Å². The van der Waals surface area contributed by atoms with Crippen LogP contribution in [0.3, 0.4) is 0 Å². The topological polar surface area (TPSA) is 75.4 Å². The number of hydrogen-bond acceptors (Lipinski definition) is 4. The summed E-state index contributed by atoms with van der Waals surface area (Å²) >= 11 is 0. The number of rotatable bonds is 13. The Hall–Kier alpha value is -2.24. The summed E-state index contributed by atoms with van der Waals surface area (Å²) in [6.07, 6.45) is 0.176. The van der Waals surface area contributed by atoms with Gasteiger partial charge in [0.25, 0.3) is 6.43 Å². The molecule has 0 aliphatic heterocycles. The molecule has 1 heterocycles. The number of aliphatic hydroxyl groups is 1. The molecule has 0 radical (unpaired) electrons. The number of halogens is 4. The van der Waals surface area contributed by atoms with Crippen molar-refractivity contribution in [2.75, 3.05) is 18.8 Å². The van der Waals surface area contributed by atoms with Crippen LogP contribution in [0, 0.1) is 17.2 Å². The van der Waals surface area contributed by atoms with Gasteiger partial charge in [-0.25, -0.2) is 30.7 Å². The first-order valence-corrected chi connectivity index (χ1v) is 15.2. The predicted octanol–water partition coefficient (Wildman–Crippen LogP) is 5.54. The normalized spacial score (nSPS) is 22.6. The van der Waals surface area contributed by atoms with Crippen molar-refractivity contribution in [3.05, 3.63) is 53.1 Å². The number of fused-ring (bicyclic) bond motifs is 2. The molecule has 2 aliphatic carbocycles. The fourth-order valence-electron chi connectivity index (χ4n) is 6.33. The van der Waals surface area contributed by atoms with Crippen molar-refractivity contribution >= 4 is 16.1 Å². The molecule has 1 aromatic heterocycles. The number of nitrogens with zero attached hydrogens (tertiary/aromatic N) is 3. The minimum absolute atomic E-state index is 0.131. The number of aromatic nitrogens is 2. The average molecular weight is 572 g/mol. The van der Waals surface area contributed by atoms with Gasteiger partial charge in [-0.15, -0.1) is 0 Å². The summed E-state index contributed by atoms with van der Waals surface area (Å²) in [5, 5.41) is 14.8. The summed E-state index contributed by atoms with van der Waals surface area (Å²) in [5.74, 6) is -0.278. The van der Waals surface area contributed by atoms with E-state index >= 15 is 0 Å². The number of hydrogen-bond donors (Lipinski definition) is 1. The second-order valence-corrected chi connectivity index (χ2v) is 12.8. The molecular formula is C28H37F4N3O3S. The molecule has 0 spiro atoms. The number of aliphatic hydroxyl groups excluding tert-OH is 1. The summed E-state index contributed by atoms with van der Waals surface area (Å²) in [7, 11) is -3.74. The van der Waals surface area contributed by atoms with E-state index < -0.39 is 41.7 Å². The van der Waals surface area contributed by atoms with E-state index in [1.807, 2.05) is 10.9 Å². The van der Waals surface area contributed by atoms with E-state index in [4.69, 9.17) is 0 Å². The zero-order valence-electron chi connectivity index (χ0n) is 22.4. The highest BCUT2D eigenvalue weighted by Crippen LogP contribution is 2.56. The number of allylic oxidation sites excluding steroid dienone is 1. The first-order chi connectivity index (χ1) is 18.5. The molecule has 3 unspecified atom stereocenters. The Bertz CT molecular complexity index is 1270. The van der Waals surface area contributed by atoms with Crippen LogP contribution in [0.5, 0.6) is 0 Å². The van der Waals surface area contributed by atoms with Crippen molar-refractivity contribution in [1.29, 1.82) is 0 Å². The molecule has 0 amide bonds. The molecule has 6 nitrogen and oxygen atoms in total. The van der Waals surface area contributed by atoms with Gasteiger partial charge in [0.05, 0.1) is 29.4 Å². The van der Waals surface area contributed by atoms with Gasteiger partial charge in [-0.05, 0) is 85.8 Å². The number of sulfonamides is 1. The number of alkyl halides is 3. The van der Waals surface area contributed by atoms with Gasteiger partial charge in [-0.3, -0.25) is 0 Å². The number of benzene rings is 1. The molecule has 216 valence electrons. The van der Waals surface area contributed by atoms with Crippen molar-refractivity contribution in [2.24, 2.45) is 11.3 Å². The largest absolute Gasteiger partial charge is 0.392 e. The summed E-state index contributed by atoms with van der Waals surface area (Å²) < 4.78 is 81.2. The first kappa shape index (κ1) is 29.7. The van der Waals surface area contributed by atoms with Gasteiger partial charge in [0.1, 0.15) is 5.82 Å². The predicted molar refractivity (Wildman–Crippen MR) is 142 cm³/mol. The first-order valence-electron chi connectivity index (χ1n) is 13.6. The molecule has 39 heavy (non-hydrogen) atoms. The van der Waals surface area contributed by atoms with Crippen LogP contribution >= 0.6 is 0 Å². The van der Waals surface area contributed by atoms with Crippen molar-refractivity contribution in [3.8, 4) is 5.69 Å². The molecule has 2 aliphatic rings. The van der Waals surface area contributed by atoms with Gasteiger partial charge in [0.15, 0.2) is 6.17 Å². The van der Waals surface area contributed by atoms with E-state index in [0.29, 0.717) is 12.8 Å². The SMILES string of the molecule is CCCS(=O)(=O)N(CCC1CCC2=Cc3c(cnn3-c3ccc(F)cc3)C[C@@]21CC)CC(O)CC(F)C(F)F. The maximum Gasteiger partial charge on any atom is 0.269 e. The highest BCUT2D eigenvalue weighted by Gasteiger charge is 2.47. The molecule has 1 saturated carbocycles. The van der Waals surface area contributed by atoms with Crippen LogP contribution in [0.1, 0.15) is 63.6 Å². The van der Waals surface area contributed by atoms with E-state index in [2.05, 4.69) is 18.1 Å². The lowest BCUT2D eigenvalue weighted by atomic mass is 9.66. The summed E-state index contributed by atoms with van der Waals surface area (Å²) in [6.45, 7) is 3.58. The quantitative estimate of drug-likeness (QED) is 0.320. The Morgan fingerprint density at radius 2 is 1.92 bits per heavy atom. The lowest BCUT2D eigenvalue weighted by molar-refractivity contribution is 0.0125. The fourth-order valence-corrected chi connectivity index (χ4v) is 7.89. The monoisotopic (exact) mass is 571 g/mol. The van der Waals surface area contributed by atoms with Gasteiger partial charge < -0.3 is 5.11 Å². The molecule has 2 aromatic rings. The standard InChI is InChI=1S/C28H37F4N3O3S/c1-3-13-39(37,38)34(18-24(36)15-25(30)27(31)32)12-11-20-5-6-21-14-26-19(16-28(20,21)4-2)17-33-35(26)23-9-7-22(29)8-10-23/h7-10,14,17,20,24-25,27,36H,3-6,11-13,15-16,18H2,1-2H3/t20?,24?,25?,28-/m1/s1. The molecule has 1 N–H and O–H groups in total. The van der Waals surface area contributed by atoms with Crippen molar-refractivity contribution in [1.82, 2.24) is 14.1 Å². The summed E-state index contributed by atoms with van der Waals surface area (Å²) in [4.78, 5) is 0. The minimum atomic E-state index is -3.74. The van der Waals surface area contributed by atoms with Crippen molar-refractivity contribution in [3.63, 3.8) is 0 Å². The maximum atomic E-state index is 13.5. The van der Waals surface area contributed by atoms with Crippen LogP contribution in [0.15, 0.2) is 36.0 Å². The molecule has 4 atom stereocenters. The van der Waals surface area contributed by atoms with Crippen LogP contribution in [0.2, 0.25) is 0 Å². The van der Waals surface area contributed by atoms with Gasteiger partial charge in [-0.1, -0.05) is 19.4 Å². The van der Waals surface area contributed by atoms with Crippen LogP contribution in [0.25, 0.3) is 11.8 Å². The zero-order valence-corrected chi connectivity index (χ0v) is 23.2. The van der Waals surface area contributed by atoms with E-state index in [0.717, 1.165) is 46.9 Å². The lowest BCUT2D eigenvalue weighted by Gasteiger charge is -2.39. The lowest BCUT2D eigenvalue weighted by Crippen LogP contribution is -2.42.